The van der Waals surface area contributed by atoms with E-state index in [4.69, 9.17) is 5.11 Å². The lowest BCUT2D eigenvalue weighted by molar-refractivity contribution is -0.116. The van der Waals surface area contributed by atoms with Crippen LogP contribution in [-0.4, -0.2) is 29.1 Å². The molecular formula is C8H15NO3. The first-order valence-corrected chi connectivity index (χ1v) is 4.17. The molecule has 0 aromatic carbocycles. The van der Waals surface area contributed by atoms with Crippen LogP contribution < -0.4 is 0 Å². The van der Waals surface area contributed by atoms with Crippen LogP contribution in [0.5, 0.6) is 0 Å². The predicted molar refractivity (Wildman–Crippen MR) is 44.9 cm³/mol. The van der Waals surface area contributed by atoms with Crippen LogP contribution in [0.1, 0.15) is 32.6 Å². The quantitative estimate of drug-likeness (QED) is 0.491. The molecule has 0 aromatic heterocycles. The molecule has 0 aliphatic carbocycles. The van der Waals surface area contributed by atoms with Gasteiger partial charge in [0.1, 0.15) is 0 Å². The van der Waals surface area contributed by atoms with Crippen molar-refractivity contribution in [1.82, 2.24) is 4.90 Å². The first-order chi connectivity index (χ1) is 5.72. The van der Waals surface area contributed by atoms with E-state index in [-0.39, 0.29) is 0 Å². The van der Waals surface area contributed by atoms with Gasteiger partial charge in [0.25, 0.3) is 0 Å². The Kier molecular flexibility index (Phi) is 6.05. The van der Waals surface area contributed by atoms with Gasteiger partial charge in [0.05, 0.1) is 0 Å². The number of unbranched alkanes of at least 4 members (excludes halogenated alkanes) is 3. The van der Waals surface area contributed by atoms with Gasteiger partial charge in [0.15, 0.2) is 0 Å². The topological polar surface area (TPSA) is 57.6 Å². The van der Waals surface area contributed by atoms with Crippen LogP contribution in [0, 0.1) is 0 Å². The first-order valence-electron chi connectivity index (χ1n) is 4.17. The lowest BCUT2D eigenvalue weighted by atomic mass is 10.2. The normalized spacial score (nSPS) is 9.42. The highest BCUT2D eigenvalue weighted by Crippen LogP contribution is 2.00. The van der Waals surface area contributed by atoms with Crippen LogP contribution in [0.4, 0.5) is 4.79 Å². The van der Waals surface area contributed by atoms with Gasteiger partial charge in [-0.2, -0.15) is 0 Å². The Morgan fingerprint density at radius 1 is 1.42 bits per heavy atom. The number of hydrogen-bond donors (Lipinski definition) is 1. The van der Waals surface area contributed by atoms with Crippen LogP contribution in [0.3, 0.4) is 0 Å². The number of amides is 2. The minimum absolute atomic E-state index is 0.318. The second-order valence-corrected chi connectivity index (χ2v) is 2.64. The molecule has 0 bridgehead atoms. The van der Waals surface area contributed by atoms with Crippen LogP contribution in [-0.2, 0) is 4.79 Å². The van der Waals surface area contributed by atoms with Gasteiger partial charge in [-0.1, -0.05) is 26.2 Å². The minimum atomic E-state index is -1.17. The summed E-state index contributed by atoms with van der Waals surface area (Å²) in [5.41, 5.74) is 0. The summed E-state index contributed by atoms with van der Waals surface area (Å²) in [6.45, 7) is 2.40. The molecule has 0 heterocycles. The molecule has 0 rings (SSSR count). The van der Waals surface area contributed by atoms with Gasteiger partial charge in [-0.3, -0.25) is 9.69 Å². The van der Waals surface area contributed by atoms with Crippen molar-refractivity contribution in [3.8, 4) is 0 Å². The average Bonchev–Trinajstić information content (AvgIpc) is 2.04. The van der Waals surface area contributed by atoms with E-state index >= 15 is 0 Å². The average molecular weight is 173 g/mol. The minimum Gasteiger partial charge on any atom is -0.465 e. The molecule has 2 amide bonds. The Bertz CT molecular complexity index is 147. The summed E-state index contributed by atoms with van der Waals surface area (Å²) in [5.74, 6) is 0. The number of imide groups is 1. The van der Waals surface area contributed by atoms with Crippen LogP contribution in [0.25, 0.3) is 0 Å². The van der Waals surface area contributed by atoms with Crippen LogP contribution in [0.15, 0.2) is 0 Å². The third-order valence-electron chi connectivity index (χ3n) is 1.63. The molecule has 12 heavy (non-hydrogen) atoms. The van der Waals surface area contributed by atoms with Crippen molar-refractivity contribution in [2.75, 3.05) is 6.54 Å². The van der Waals surface area contributed by atoms with E-state index in [1.54, 1.807) is 0 Å². The number of rotatable bonds is 6. The summed E-state index contributed by atoms with van der Waals surface area (Å²) in [5, 5.41) is 8.42. The summed E-state index contributed by atoms with van der Waals surface area (Å²) >= 11 is 0. The van der Waals surface area contributed by atoms with Gasteiger partial charge >= 0.3 is 6.09 Å². The molecule has 0 saturated heterocycles. The monoisotopic (exact) mass is 173 g/mol. The lowest BCUT2D eigenvalue weighted by Gasteiger charge is -2.09. The highest BCUT2D eigenvalue weighted by atomic mass is 16.4. The molecule has 0 radical (unpaired) electrons. The molecule has 0 spiro atoms. The van der Waals surface area contributed by atoms with Crippen molar-refractivity contribution in [3.05, 3.63) is 0 Å². The molecule has 4 nitrogen and oxygen atoms in total. The zero-order valence-electron chi connectivity index (χ0n) is 7.32. The van der Waals surface area contributed by atoms with E-state index in [1.165, 1.54) is 0 Å². The van der Waals surface area contributed by atoms with E-state index in [9.17, 15) is 9.59 Å². The summed E-state index contributed by atoms with van der Waals surface area (Å²) in [6, 6.07) is 0. The van der Waals surface area contributed by atoms with Crippen LogP contribution >= 0.6 is 0 Å². The van der Waals surface area contributed by atoms with Gasteiger partial charge < -0.3 is 5.11 Å². The molecule has 70 valence electrons. The first kappa shape index (κ1) is 10.9. The molecule has 0 atom stereocenters. The standard InChI is InChI=1S/C8H15NO3/c1-2-3-4-5-6-9(7-10)8(11)12/h7H,2-6H2,1H3,(H,11,12). The maximum Gasteiger partial charge on any atom is 0.413 e. The van der Waals surface area contributed by atoms with E-state index in [0.29, 0.717) is 13.0 Å². The van der Waals surface area contributed by atoms with Gasteiger partial charge in [0.2, 0.25) is 6.41 Å². The summed E-state index contributed by atoms with van der Waals surface area (Å²) < 4.78 is 0. The molecule has 0 fully saturated rings. The number of carboxylic acid groups (broad SMARTS) is 1. The fourth-order valence-electron chi connectivity index (χ4n) is 0.902. The van der Waals surface area contributed by atoms with E-state index in [2.05, 4.69) is 6.92 Å². The van der Waals surface area contributed by atoms with Crippen molar-refractivity contribution >= 4 is 12.5 Å². The fraction of sp³-hybridized carbons (Fsp3) is 0.750. The second kappa shape index (κ2) is 6.64. The molecule has 4 heteroatoms. The number of carbonyl (C=O) groups excluding carboxylic acids is 1. The molecule has 0 aliphatic rings. The molecule has 1 N–H and O–H groups in total. The predicted octanol–water partition coefficient (Wildman–Crippen LogP) is 1.70. The Morgan fingerprint density at radius 3 is 2.50 bits per heavy atom. The van der Waals surface area contributed by atoms with Gasteiger partial charge in [-0.15, -0.1) is 0 Å². The second-order valence-electron chi connectivity index (χ2n) is 2.64. The third kappa shape index (κ3) is 4.71. The Hall–Kier alpha value is -1.06. The van der Waals surface area contributed by atoms with Crippen molar-refractivity contribution in [1.29, 1.82) is 0 Å². The molecule has 0 aromatic rings. The maximum absolute atomic E-state index is 10.3. The van der Waals surface area contributed by atoms with Gasteiger partial charge in [-0.05, 0) is 6.42 Å². The molecule has 0 saturated carbocycles. The summed E-state index contributed by atoms with van der Waals surface area (Å²) in [7, 11) is 0. The van der Waals surface area contributed by atoms with Crippen molar-refractivity contribution < 1.29 is 14.7 Å². The SMILES string of the molecule is CCCCCCN(C=O)C(=O)O. The largest absolute Gasteiger partial charge is 0.465 e. The summed E-state index contributed by atoms with van der Waals surface area (Å²) in [4.78, 5) is 21.2. The molecule has 0 aliphatic heterocycles. The number of carbonyl (C=O) groups is 2. The van der Waals surface area contributed by atoms with E-state index < -0.39 is 6.09 Å². The van der Waals surface area contributed by atoms with Crippen LogP contribution in [0.2, 0.25) is 0 Å². The van der Waals surface area contributed by atoms with Gasteiger partial charge in [-0.25, -0.2) is 4.79 Å². The zero-order valence-corrected chi connectivity index (χ0v) is 7.32. The fourth-order valence-corrected chi connectivity index (χ4v) is 0.902. The number of nitrogens with zero attached hydrogens (tertiary/aromatic N) is 1. The lowest BCUT2D eigenvalue weighted by Crippen LogP contribution is -2.28. The van der Waals surface area contributed by atoms with Gasteiger partial charge in [0, 0.05) is 6.54 Å². The van der Waals surface area contributed by atoms with Crippen molar-refractivity contribution in [2.45, 2.75) is 32.6 Å². The number of hydrogen-bond acceptors (Lipinski definition) is 2. The van der Waals surface area contributed by atoms with E-state index in [0.717, 1.165) is 30.6 Å². The third-order valence-corrected chi connectivity index (χ3v) is 1.63. The highest BCUT2D eigenvalue weighted by Gasteiger charge is 2.07. The van der Waals surface area contributed by atoms with E-state index in [1.807, 2.05) is 0 Å². The molecule has 0 unspecified atom stereocenters. The Morgan fingerprint density at radius 2 is 2.08 bits per heavy atom. The zero-order chi connectivity index (χ0) is 9.40. The smallest absolute Gasteiger partial charge is 0.413 e. The van der Waals surface area contributed by atoms with Crippen molar-refractivity contribution in [3.63, 3.8) is 0 Å². The Labute approximate surface area is 72.2 Å². The highest BCUT2D eigenvalue weighted by molar-refractivity contribution is 5.78. The molecular weight excluding hydrogens is 158 g/mol. The summed E-state index contributed by atoms with van der Waals surface area (Å²) in [6.07, 6.45) is 3.13. The van der Waals surface area contributed by atoms with Crippen molar-refractivity contribution in [2.24, 2.45) is 0 Å². The Balaban J connectivity index is 3.45. The maximum atomic E-state index is 10.3.